The molecule has 0 saturated heterocycles. The summed E-state index contributed by atoms with van der Waals surface area (Å²) in [5.74, 6) is -0.575. The number of hydrogen-bond donors (Lipinski definition) is 3. The molecule has 1 aliphatic rings. The van der Waals surface area contributed by atoms with Crippen molar-refractivity contribution in [1.29, 1.82) is 0 Å². The lowest BCUT2D eigenvalue weighted by atomic mass is 10.0. The van der Waals surface area contributed by atoms with E-state index in [4.69, 9.17) is 5.73 Å². The molecule has 0 fully saturated rings. The van der Waals surface area contributed by atoms with E-state index in [2.05, 4.69) is 15.6 Å². The van der Waals surface area contributed by atoms with Gasteiger partial charge in [-0.25, -0.2) is 13.4 Å². The minimum atomic E-state index is -3.60. The number of aromatic nitrogens is 1. The SMILES string of the molecule is CNC(C)C(=O)N[C@H](C(=O)N1c2ncccc2CC1C(N)S(C)(=O)=O)C(C)C. The number of nitrogens with one attached hydrogen (secondary N) is 2. The molecule has 0 aliphatic carbocycles. The Morgan fingerprint density at radius 2 is 1.96 bits per heavy atom. The number of rotatable bonds is 7. The highest BCUT2D eigenvalue weighted by Crippen LogP contribution is 2.33. The molecule has 4 N–H and O–H groups in total. The zero-order chi connectivity index (χ0) is 21.2. The molecule has 1 aromatic rings. The van der Waals surface area contributed by atoms with Crippen LogP contribution in [0.5, 0.6) is 0 Å². The van der Waals surface area contributed by atoms with Crippen LogP contribution in [-0.2, 0) is 25.8 Å². The van der Waals surface area contributed by atoms with Crippen molar-refractivity contribution in [1.82, 2.24) is 15.6 Å². The van der Waals surface area contributed by atoms with Crippen LogP contribution < -0.4 is 21.3 Å². The maximum absolute atomic E-state index is 13.4. The van der Waals surface area contributed by atoms with Crippen LogP contribution in [0, 0.1) is 5.92 Å². The highest BCUT2D eigenvalue weighted by atomic mass is 32.2. The van der Waals surface area contributed by atoms with Crippen LogP contribution in [0.4, 0.5) is 5.82 Å². The van der Waals surface area contributed by atoms with Crippen LogP contribution in [0.2, 0.25) is 0 Å². The van der Waals surface area contributed by atoms with E-state index >= 15 is 0 Å². The number of pyridine rings is 1. The summed E-state index contributed by atoms with van der Waals surface area (Å²) in [6, 6.07) is 1.42. The molecule has 9 nitrogen and oxygen atoms in total. The molecule has 2 rings (SSSR count). The van der Waals surface area contributed by atoms with Gasteiger partial charge in [-0.1, -0.05) is 19.9 Å². The second-order valence-corrected chi connectivity index (χ2v) is 9.70. The quantitative estimate of drug-likeness (QED) is 0.546. The predicted octanol–water partition coefficient (Wildman–Crippen LogP) is -0.583. The summed E-state index contributed by atoms with van der Waals surface area (Å²) >= 11 is 0. The predicted molar refractivity (Wildman–Crippen MR) is 107 cm³/mol. The van der Waals surface area contributed by atoms with Gasteiger partial charge in [0.05, 0.1) is 12.1 Å². The van der Waals surface area contributed by atoms with Gasteiger partial charge in [-0.15, -0.1) is 0 Å². The number of nitrogens with two attached hydrogens (primary N) is 1. The largest absolute Gasteiger partial charge is 0.343 e. The summed E-state index contributed by atoms with van der Waals surface area (Å²) in [5, 5.41) is 4.33. The second-order valence-electron chi connectivity index (χ2n) is 7.50. The van der Waals surface area contributed by atoms with E-state index in [0.29, 0.717) is 5.82 Å². The van der Waals surface area contributed by atoms with Crippen molar-refractivity contribution in [3.8, 4) is 0 Å². The van der Waals surface area contributed by atoms with Gasteiger partial charge in [-0.2, -0.15) is 0 Å². The van der Waals surface area contributed by atoms with Crippen LogP contribution in [0.25, 0.3) is 0 Å². The van der Waals surface area contributed by atoms with Gasteiger partial charge in [-0.3, -0.25) is 14.5 Å². The van der Waals surface area contributed by atoms with Gasteiger partial charge in [0.25, 0.3) is 5.91 Å². The number of sulfone groups is 1. The molecule has 2 amide bonds. The number of carbonyl (C=O) groups excluding carboxylic acids is 2. The van der Waals surface area contributed by atoms with Crippen molar-refractivity contribution in [2.45, 2.75) is 50.7 Å². The Morgan fingerprint density at radius 1 is 1.32 bits per heavy atom. The van der Waals surface area contributed by atoms with Gasteiger partial charge in [0.2, 0.25) is 5.91 Å². The highest BCUT2D eigenvalue weighted by molar-refractivity contribution is 7.91. The summed E-state index contributed by atoms with van der Waals surface area (Å²) in [4.78, 5) is 31.4. The average molecular weight is 412 g/mol. The van der Waals surface area contributed by atoms with E-state index in [1.165, 1.54) is 4.90 Å². The minimum absolute atomic E-state index is 0.219. The van der Waals surface area contributed by atoms with Gasteiger partial charge in [0.15, 0.2) is 9.84 Å². The summed E-state index contributed by atoms with van der Waals surface area (Å²) in [7, 11) is -1.95. The molecule has 28 heavy (non-hydrogen) atoms. The van der Waals surface area contributed by atoms with Gasteiger partial charge < -0.3 is 16.4 Å². The molecule has 0 saturated carbocycles. The summed E-state index contributed by atoms with van der Waals surface area (Å²) in [6.45, 7) is 5.31. The van der Waals surface area contributed by atoms with E-state index < -0.39 is 39.2 Å². The highest BCUT2D eigenvalue weighted by Gasteiger charge is 2.44. The lowest BCUT2D eigenvalue weighted by molar-refractivity contribution is -0.129. The molecule has 1 aliphatic heterocycles. The van der Waals surface area contributed by atoms with Crippen molar-refractivity contribution < 1.29 is 18.0 Å². The Morgan fingerprint density at radius 3 is 2.50 bits per heavy atom. The van der Waals surface area contributed by atoms with Gasteiger partial charge >= 0.3 is 0 Å². The first-order chi connectivity index (χ1) is 13.0. The molecular weight excluding hydrogens is 382 g/mol. The fraction of sp³-hybridized carbons (Fsp3) is 0.611. The Bertz CT molecular complexity index is 842. The number of amides is 2. The monoisotopic (exact) mass is 411 g/mol. The Labute approximate surface area is 166 Å². The molecule has 0 radical (unpaired) electrons. The molecule has 0 aromatic carbocycles. The Balaban J connectivity index is 2.43. The smallest absolute Gasteiger partial charge is 0.251 e. The molecule has 2 heterocycles. The number of anilines is 1. The zero-order valence-electron chi connectivity index (χ0n) is 16.8. The van der Waals surface area contributed by atoms with E-state index in [-0.39, 0.29) is 18.2 Å². The minimum Gasteiger partial charge on any atom is -0.343 e. The van der Waals surface area contributed by atoms with Crippen LogP contribution in [-0.4, -0.2) is 62.0 Å². The maximum atomic E-state index is 13.4. The fourth-order valence-corrected chi connectivity index (χ4v) is 3.96. The number of fused-ring (bicyclic) bond motifs is 1. The molecule has 4 atom stereocenters. The van der Waals surface area contributed by atoms with E-state index in [1.807, 2.05) is 13.8 Å². The third kappa shape index (κ3) is 4.50. The normalized spacial score (nSPS) is 19.8. The number of nitrogens with zero attached hydrogens (tertiary/aromatic N) is 2. The number of hydrogen-bond acceptors (Lipinski definition) is 7. The molecule has 1 aromatic heterocycles. The molecule has 0 spiro atoms. The lowest BCUT2D eigenvalue weighted by Gasteiger charge is -2.33. The van der Waals surface area contributed by atoms with Crippen LogP contribution in [0.3, 0.4) is 0 Å². The Kier molecular flexibility index (Phi) is 6.79. The van der Waals surface area contributed by atoms with Gasteiger partial charge in [-0.05, 0) is 37.9 Å². The standard InChI is InChI=1S/C18H29N5O4S/c1-10(2)14(22-17(24)11(3)20-4)18(25)23-13(15(19)28(5,26)27)9-12-7-6-8-21-16(12)23/h6-8,10-11,13-15,20H,9,19H2,1-5H3,(H,22,24)/t11?,13?,14-,15?/m0/s1. The number of likely N-dealkylation sites (N-methyl/N-ethyl adjacent to an activating group) is 1. The van der Waals surface area contributed by atoms with Crippen molar-refractivity contribution >= 4 is 27.5 Å². The average Bonchev–Trinajstić information content (AvgIpc) is 3.02. The second kappa shape index (κ2) is 8.54. The van der Waals surface area contributed by atoms with E-state index in [1.54, 1.807) is 32.3 Å². The number of carbonyl (C=O) groups is 2. The topological polar surface area (TPSA) is 134 Å². The lowest BCUT2D eigenvalue weighted by Crippen LogP contribution is -2.59. The van der Waals surface area contributed by atoms with Crippen LogP contribution in [0.1, 0.15) is 26.3 Å². The molecule has 0 bridgehead atoms. The van der Waals surface area contributed by atoms with E-state index in [9.17, 15) is 18.0 Å². The van der Waals surface area contributed by atoms with Gasteiger partial charge in [0.1, 0.15) is 17.2 Å². The van der Waals surface area contributed by atoms with Crippen molar-refractivity contribution in [2.24, 2.45) is 11.7 Å². The molecule has 3 unspecified atom stereocenters. The first kappa shape index (κ1) is 22.3. The van der Waals surface area contributed by atoms with Crippen molar-refractivity contribution in [2.75, 3.05) is 18.2 Å². The van der Waals surface area contributed by atoms with Crippen molar-refractivity contribution in [3.63, 3.8) is 0 Å². The third-order valence-electron chi connectivity index (χ3n) is 5.02. The maximum Gasteiger partial charge on any atom is 0.251 e. The Hall–Kier alpha value is -2.04. The molecule has 10 heteroatoms. The van der Waals surface area contributed by atoms with Crippen molar-refractivity contribution in [3.05, 3.63) is 23.9 Å². The summed E-state index contributed by atoms with van der Waals surface area (Å²) in [5.41, 5.74) is 6.75. The third-order valence-corrected chi connectivity index (χ3v) is 6.33. The fourth-order valence-electron chi connectivity index (χ4n) is 3.17. The van der Waals surface area contributed by atoms with Crippen LogP contribution in [0.15, 0.2) is 18.3 Å². The summed E-state index contributed by atoms with van der Waals surface area (Å²) in [6.07, 6.45) is 2.88. The molecular formula is C18H29N5O4S. The zero-order valence-corrected chi connectivity index (χ0v) is 17.7. The van der Waals surface area contributed by atoms with Gasteiger partial charge in [0, 0.05) is 12.5 Å². The first-order valence-corrected chi connectivity index (χ1v) is 11.1. The first-order valence-electron chi connectivity index (χ1n) is 9.18. The molecule has 156 valence electrons. The van der Waals surface area contributed by atoms with Crippen LogP contribution >= 0.6 is 0 Å². The summed E-state index contributed by atoms with van der Waals surface area (Å²) < 4.78 is 24.2. The van der Waals surface area contributed by atoms with E-state index in [0.717, 1.165) is 11.8 Å².